The van der Waals surface area contributed by atoms with Crippen molar-refractivity contribution in [2.45, 2.75) is 0 Å². The van der Waals surface area contributed by atoms with Crippen LogP contribution >= 0.6 is 0 Å². The van der Waals surface area contributed by atoms with E-state index in [1.807, 2.05) is 42.5 Å². The van der Waals surface area contributed by atoms with E-state index >= 15 is 0 Å². The third-order valence-corrected chi connectivity index (χ3v) is 3.34. The van der Waals surface area contributed by atoms with E-state index in [-0.39, 0.29) is 5.69 Å². The van der Waals surface area contributed by atoms with Crippen molar-refractivity contribution >= 4 is 5.69 Å². The van der Waals surface area contributed by atoms with E-state index in [0.29, 0.717) is 11.5 Å². The number of ether oxygens (including phenoxy) is 1. The fourth-order valence-electron chi connectivity index (χ4n) is 2.20. The summed E-state index contributed by atoms with van der Waals surface area (Å²) in [6.07, 6.45) is 0. The Hall–Kier alpha value is -3.34. The lowest BCUT2D eigenvalue weighted by atomic mass is 10.1. The molecular weight excluding hydrogens is 294 g/mol. The Labute approximate surface area is 132 Å². The molecule has 0 aromatic heterocycles. The van der Waals surface area contributed by atoms with Crippen molar-refractivity contribution in [1.82, 2.24) is 0 Å². The predicted molar refractivity (Wildman–Crippen MR) is 86.7 cm³/mol. The van der Waals surface area contributed by atoms with Crippen molar-refractivity contribution in [1.29, 1.82) is 0 Å². The van der Waals surface area contributed by atoms with Gasteiger partial charge in [0.05, 0.1) is 4.92 Å². The molecule has 0 unspecified atom stereocenters. The van der Waals surface area contributed by atoms with Gasteiger partial charge in [-0.15, -0.1) is 0 Å². The van der Waals surface area contributed by atoms with E-state index in [0.717, 1.165) is 11.1 Å². The smallest absolute Gasteiger partial charge is 0.310 e. The van der Waals surface area contributed by atoms with Crippen LogP contribution in [0.4, 0.5) is 5.69 Å². The van der Waals surface area contributed by atoms with Crippen LogP contribution in [-0.4, -0.2) is 10.0 Å². The maximum atomic E-state index is 10.7. The van der Waals surface area contributed by atoms with Crippen molar-refractivity contribution in [2.24, 2.45) is 0 Å². The quantitative estimate of drug-likeness (QED) is 0.557. The number of phenols is 1. The van der Waals surface area contributed by atoms with Crippen LogP contribution < -0.4 is 4.74 Å². The number of rotatable bonds is 4. The summed E-state index contributed by atoms with van der Waals surface area (Å²) < 4.78 is 5.60. The number of aromatic hydroxyl groups is 1. The van der Waals surface area contributed by atoms with Crippen LogP contribution in [0.25, 0.3) is 11.1 Å². The van der Waals surface area contributed by atoms with Crippen molar-refractivity contribution in [3.8, 4) is 28.4 Å². The first-order chi connectivity index (χ1) is 11.1. The topological polar surface area (TPSA) is 72.6 Å². The lowest BCUT2D eigenvalue weighted by Crippen LogP contribution is -1.90. The SMILES string of the molecule is O=[N+]([O-])c1ccc(Oc2ccc(-c3ccccc3)cc2)cc1O. The Morgan fingerprint density at radius 3 is 2.04 bits per heavy atom. The van der Waals surface area contributed by atoms with Crippen LogP contribution in [0.2, 0.25) is 0 Å². The highest BCUT2D eigenvalue weighted by molar-refractivity contribution is 5.64. The third-order valence-electron chi connectivity index (χ3n) is 3.34. The molecule has 0 aliphatic rings. The Morgan fingerprint density at radius 1 is 0.826 bits per heavy atom. The summed E-state index contributed by atoms with van der Waals surface area (Å²) in [6, 6.07) is 21.3. The third kappa shape index (κ3) is 3.29. The van der Waals surface area contributed by atoms with Gasteiger partial charge in [-0.1, -0.05) is 42.5 Å². The minimum absolute atomic E-state index is 0.334. The van der Waals surface area contributed by atoms with Gasteiger partial charge in [-0.25, -0.2) is 0 Å². The van der Waals surface area contributed by atoms with E-state index in [4.69, 9.17) is 4.74 Å². The van der Waals surface area contributed by atoms with Gasteiger partial charge in [0.1, 0.15) is 11.5 Å². The Bertz CT molecular complexity index is 829. The van der Waals surface area contributed by atoms with E-state index in [1.165, 1.54) is 18.2 Å². The van der Waals surface area contributed by atoms with Gasteiger partial charge in [0.25, 0.3) is 0 Å². The lowest BCUT2D eigenvalue weighted by molar-refractivity contribution is -0.385. The first kappa shape index (κ1) is 14.6. The molecule has 0 atom stereocenters. The first-order valence-electron chi connectivity index (χ1n) is 6.94. The fourth-order valence-corrected chi connectivity index (χ4v) is 2.20. The van der Waals surface area contributed by atoms with Crippen molar-refractivity contribution in [2.75, 3.05) is 0 Å². The number of phenolic OH excluding ortho intramolecular Hbond substituents is 1. The highest BCUT2D eigenvalue weighted by atomic mass is 16.6. The minimum atomic E-state index is -0.645. The second-order valence-electron chi connectivity index (χ2n) is 4.90. The van der Waals surface area contributed by atoms with Gasteiger partial charge in [0.2, 0.25) is 0 Å². The van der Waals surface area contributed by atoms with Crippen LogP contribution in [0.3, 0.4) is 0 Å². The van der Waals surface area contributed by atoms with Crippen LogP contribution in [0.5, 0.6) is 17.2 Å². The van der Waals surface area contributed by atoms with Gasteiger partial charge in [-0.05, 0) is 29.3 Å². The van der Waals surface area contributed by atoms with Gasteiger partial charge in [-0.3, -0.25) is 10.1 Å². The van der Waals surface area contributed by atoms with Gasteiger partial charge in [0.15, 0.2) is 5.75 Å². The summed E-state index contributed by atoms with van der Waals surface area (Å²) in [5.74, 6) is 0.493. The Kier molecular flexibility index (Phi) is 3.93. The molecule has 23 heavy (non-hydrogen) atoms. The maximum absolute atomic E-state index is 10.7. The first-order valence-corrected chi connectivity index (χ1v) is 6.94. The number of nitrogens with zero attached hydrogens (tertiary/aromatic N) is 1. The molecule has 3 aromatic rings. The van der Waals surface area contributed by atoms with E-state index in [1.54, 1.807) is 12.1 Å². The molecule has 1 N–H and O–H groups in total. The second kappa shape index (κ2) is 6.19. The molecule has 0 heterocycles. The van der Waals surface area contributed by atoms with E-state index in [2.05, 4.69) is 0 Å². The summed E-state index contributed by atoms with van der Waals surface area (Å²) in [5.41, 5.74) is 1.81. The van der Waals surface area contributed by atoms with Crippen molar-refractivity contribution in [3.63, 3.8) is 0 Å². The normalized spacial score (nSPS) is 10.3. The average molecular weight is 307 g/mol. The highest BCUT2D eigenvalue weighted by Crippen LogP contribution is 2.32. The van der Waals surface area contributed by atoms with Crippen LogP contribution in [0, 0.1) is 10.1 Å². The average Bonchev–Trinajstić information content (AvgIpc) is 2.56. The summed E-state index contributed by atoms with van der Waals surface area (Å²) in [5, 5.41) is 20.3. The molecule has 3 rings (SSSR count). The molecule has 5 nitrogen and oxygen atoms in total. The van der Waals surface area contributed by atoms with Crippen LogP contribution in [0.1, 0.15) is 0 Å². The van der Waals surface area contributed by atoms with Crippen molar-refractivity contribution in [3.05, 3.63) is 82.9 Å². The monoisotopic (exact) mass is 307 g/mol. The molecule has 0 spiro atoms. The zero-order valence-corrected chi connectivity index (χ0v) is 12.0. The summed E-state index contributed by atoms with van der Waals surface area (Å²) >= 11 is 0. The molecule has 0 bridgehead atoms. The lowest BCUT2D eigenvalue weighted by Gasteiger charge is -2.07. The second-order valence-corrected chi connectivity index (χ2v) is 4.90. The molecule has 0 fully saturated rings. The molecule has 0 saturated carbocycles. The number of nitro benzene ring substituents is 1. The number of hydrogen-bond donors (Lipinski definition) is 1. The molecule has 0 amide bonds. The van der Waals surface area contributed by atoms with Crippen molar-refractivity contribution < 1.29 is 14.8 Å². The zero-order chi connectivity index (χ0) is 16.2. The molecule has 0 aliphatic heterocycles. The molecule has 0 radical (unpaired) electrons. The summed E-state index contributed by atoms with van der Waals surface area (Å²) in [6.45, 7) is 0. The Morgan fingerprint density at radius 2 is 1.43 bits per heavy atom. The van der Waals surface area contributed by atoms with Gasteiger partial charge >= 0.3 is 5.69 Å². The molecule has 5 heteroatoms. The molecule has 3 aromatic carbocycles. The number of hydrogen-bond acceptors (Lipinski definition) is 4. The predicted octanol–water partition coefficient (Wildman–Crippen LogP) is 4.76. The van der Waals surface area contributed by atoms with Gasteiger partial charge in [0, 0.05) is 12.1 Å². The minimum Gasteiger partial charge on any atom is -0.502 e. The van der Waals surface area contributed by atoms with Crippen LogP contribution in [0.15, 0.2) is 72.8 Å². The van der Waals surface area contributed by atoms with Gasteiger partial charge in [-0.2, -0.15) is 0 Å². The number of benzene rings is 3. The van der Waals surface area contributed by atoms with E-state index in [9.17, 15) is 15.2 Å². The standard InChI is InChI=1S/C18H13NO4/c20-18-12-16(10-11-17(18)19(21)22)23-15-8-6-14(7-9-15)13-4-2-1-3-5-13/h1-12,20H. The molecule has 0 saturated heterocycles. The fraction of sp³-hybridized carbons (Fsp3) is 0. The zero-order valence-electron chi connectivity index (χ0n) is 12.0. The molecule has 114 valence electrons. The van der Waals surface area contributed by atoms with E-state index < -0.39 is 10.7 Å². The number of nitro groups is 1. The maximum Gasteiger partial charge on any atom is 0.310 e. The van der Waals surface area contributed by atoms with Crippen LogP contribution in [-0.2, 0) is 0 Å². The Balaban J connectivity index is 1.79. The largest absolute Gasteiger partial charge is 0.502 e. The van der Waals surface area contributed by atoms with Gasteiger partial charge < -0.3 is 9.84 Å². The summed E-state index contributed by atoms with van der Waals surface area (Å²) in [7, 11) is 0. The highest BCUT2D eigenvalue weighted by Gasteiger charge is 2.13. The molecule has 0 aliphatic carbocycles. The summed E-state index contributed by atoms with van der Waals surface area (Å²) in [4.78, 5) is 10.0. The molecular formula is C18H13NO4.